The third kappa shape index (κ3) is 1.89. The van der Waals surface area contributed by atoms with Crippen molar-refractivity contribution in [1.82, 2.24) is 4.90 Å². The molecule has 2 heteroatoms. The maximum absolute atomic E-state index is 12.5. The van der Waals surface area contributed by atoms with E-state index < -0.39 is 0 Å². The van der Waals surface area contributed by atoms with Crippen molar-refractivity contribution >= 4 is 5.91 Å². The summed E-state index contributed by atoms with van der Waals surface area (Å²) in [6, 6.07) is 8.11. The molecule has 1 aromatic carbocycles. The van der Waals surface area contributed by atoms with E-state index in [0.717, 1.165) is 42.8 Å². The van der Waals surface area contributed by atoms with Gasteiger partial charge in [-0.3, -0.25) is 4.79 Å². The van der Waals surface area contributed by atoms with E-state index in [1.54, 1.807) is 0 Å². The van der Waals surface area contributed by atoms with E-state index in [4.69, 9.17) is 0 Å². The van der Waals surface area contributed by atoms with Gasteiger partial charge >= 0.3 is 0 Å². The maximum atomic E-state index is 12.5. The molecule has 2 aliphatic carbocycles. The predicted molar refractivity (Wildman–Crippen MR) is 75.0 cm³/mol. The monoisotopic (exact) mass is 255 g/mol. The van der Waals surface area contributed by atoms with Crippen LogP contribution in [-0.4, -0.2) is 23.9 Å². The molecule has 2 bridgehead atoms. The number of carbonyl (C=O) groups is 1. The molecule has 1 amide bonds. The van der Waals surface area contributed by atoms with Crippen LogP contribution in [0.5, 0.6) is 0 Å². The second-order valence-electron chi connectivity index (χ2n) is 6.59. The molecule has 3 aliphatic rings. The molecule has 0 radical (unpaired) electrons. The third-order valence-corrected chi connectivity index (χ3v) is 5.53. The lowest BCUT2D eigenvalue weighted by Gasteiger charge is -2.33. The lowest BCUT2D eigenvalue weighted by atomic mass is 9.87. The van der Waals surface area contributed by atoms with Crippen LogP contribution in [0.25, 0.3) is 0 Å². The van der Waals surface area contributed by atoms with E-state index >= 15 is 0 Å². The molecular weight excluding hydrogens is 234 g/mol. The van der Waals surface area contributed by atoms with Gasteiger partial charge in [0, 0.05) is 18.7 Å². The molecule has 3 unspecified atom stereocenters. The fourth-order valence-electron chi connectivity index (χ4n) is 4.53. The Hall–Kier alpha value is -1.31. The molecule has 0 spiro atoms. The summed E-state index contributed by atoms with van der Waals surface area (Å²) < 4.78 is 0. The van der Waals surface area contributed by atoms with Crippen molar-refractivity contribution in [2.45, 2.75) is 32.1 Å². The van der Waals surface area contributed by atoms with Gasteiger partial charge in [-0.2, -0.15) is 0 Å². The molecule has 3 atom stereocenters. The Bertz CT molecular complexity index is 510. The fourth-order valence-corrected chi connectivity index (χ4v) is 4.53. The number of nitrogens with zero attached hydrogens (tertiary/aromatic N) is 1. The summed E-state index contributed by atoms with van der Waals surface area (Å²) in [5, 5.41) is 0. The van der Waals surface area contributed by atoms with Crippen molar-refractivity contribution in [3.63, 3.8) is 0 Å². The second-order valence-corrected chi connectivity index (χ2v) is 6.59. The van der Waals surface area contributed by atoms with Gasteiger partial charge in [-0.05, 0) is 55.1 Å². The normalized spacial score (nSPS) is 32.7. The van der Waals surface area contributed by atoms with Gasteiger partial charge in [0.25, 0.3) is 5.91 Å². The van der Waals surface area contributed by atoms with Crippen molar-refractivity contribution in [2.24, 2.45) is 17.8 Å². The molecule has 1 aliphatic heterocycles. The predicted octanol–water partition coefficient (Wildman–Crippen LogP) is 3.12. The Balaban J connectivity index is 1.50. The van der Waals surface area contributed by atoms with Crippen LogP contribution in [0, 0.1) is 17.8 Å². The summed E-state index contributed by atoms with van der Waals surface area (Å²) in [5.74, 6) is 2.94. The number of fused-ring (bicyclic) bond motifs is 3. The van der Waals surface area contributed by atoms with E-state index in [2.05, 4.69) is 11.0 Å². The first kappa shape index (κ1) is 11.5. The zero-order valence-electron chi connectivity index (χ0n) is 11.3. The minimum absolute atomic E-state index is 0.268. The lowest BCUT2D eigenvalue weighted by molar-refractivity contribution is 0.0689. The Morgan fingerprint density at radius 3 is 2.84 bits per heavy atom. The van der Waals surface area contributed by atoms with Gasteiger partial charge in [0.15, 0.2) is 0 Å². The summed E-state index contributed by atoms with van der Waals surface area (Å²) in [7, 11) is 0. The van der Waals surface area contributed by atoms with Gasteiger partial charge in [0.2, 0.25) is 0 Å². The van der Waals surface area contributed by atoms with Gasteiger partial charge in [-0.1, -0.05) is 24.6 Å². The molecule has 0 saturated heterocycles. The van der Waals surface area contributed by atoms with Crippen LogP contribution in [0.3, 0.4) is 0 Å². The molecule has 2 nitrogen and oxygen atoms in total. The molecule has 1 heterocycles. The second kappa shape index (κ2) is 4.36. The number of carbonyl (C=O) groups excluding carboxylic acids is 1. The lowest BCUT2D eigenvalue weighted by Crippen LogP contribution is -2.41. The summed E-state index contributed by atoms with van der Waals surface area (Å²) in [6.45, 7) is 1.93. The highest BCUT2D eigenvalue weighted by molar-refractivity contribution is 5.96. The first-order valence-corrected chi connectivity index (χ1v) is 7.68. The van der Waals surface area contributed by atoms with Crippen LogP contribution in [0.1, 0.15) is 41.6 Å². The van der Waals surface area contributed by atoms with Crippen LogP contribution in [0.4, 0.5) is 0 Å². The van der Waals surface area contributed by atoms with Crippen LogP contribution >= 0.6 is 0 Å². The van der Waals surface area contributed by atoms with Gasteiger partial charge in [-0.25, -0.2) is 0 Å². The van der Waals surface area contributed by atoms with Crippen LogP contribution in [-0.2, 0) is 6.42 Å². The summed E-state index contributed by atoms with van der Waals surface area (Å²) in [5.41, 5.74) is 2.17. The average Bonchev–Trinajstić information content (AvgIpc) is 3.05. The first-order valence-electron chi connectivity index (χ1n) is 7.68. The van der Waals surface area contributed by atoms with E-state index in [1.165, 1.54) is 31.2 Å². The number of benzene rings is 1. The Labute approximate surface area is 114 Å². The van der Waals surface area contributed by atoms with E-state index in [9.17, 15) is 4.79 Å². The van der Waals surface area contributed by atoms with Gasteiger partial charge in [-0.15, -0.1) is 0 Å². The SMILES string of the molecule is O=C1c2ccccc2CCN1CC1CC2CCC1C2. The largest absolute Gasteiger partial charge is 0.338 e. The number of hydrogen-bond donors (Lipinski definition) is 0. The first-order chi connectivity index (χ1) is 9.31. The minimum atomic E-state index is 0.268. The standard InChI is InChI=1S/C17H21NO/c19-17-16-4-2-1-3-13(16)7-8-18(17)11-15-10-12-5-6-14(15)9-12/h1-4,12,14-15H,5-11H2. The maximum Gasteiger partial charge on any atom is 0.254 e. The van der Waals surface area contributed by atoms with Crippen molar-refractivity contribution in [1.29, 1.82) is 0 Å². The molecule has 0 N–H and O–H groups in total. The van der Waals surface area contributed by atoms with E-state index in [0.29, 0.717) is 0 Å². The zero-order valence-corrected chi connectivity index (χ0v) is 11.3. The van der Waals surface area contributed by atoms with E-state index in [1.807, 2.05) is 18.2 Å². The third-order valence-electron chi connectivity index (χ3n) is 5.53. The van der Waals surface area contributed by atoms with Gasteiger partial charge < -0.3 is 4.90 Å². The number of rotatable bonds is 2. The fraction of sp³-hybridized carbons (Fsp3) is 0.588. The van der Waals surface area contributed by atoms with Crippen LogP contribution in [0.15, 0.2) is 24.3 Å². The molecular formula is C17H21NO. The molecule has 4 rings (SSSR count). The van der Waals surface area contributed by atoms with Gasteiger partial charge in [0.1, 0.15) is 0 Å². The molecule has 2 fully saturated rings. The average molecular weight is 255 g/mol. The molecule has 19 heavy (non-hydrogen) atoms. The smallest absolute Gasteiger partial charge is 0.254 e. The molecule has 0 aromatic heterocycles. The highest BCUT2D eigenvalue weighted by atomic mass is 16.2. The Kier molecular flexibility index (Phi) is 2.64. The van der Waals surface area contributed by atoms with Gasteiger partial charge in [0.05, 0.1) is 0 Å². The summed E-state index contributed by atoms with van der Waals surface area (Å²) in [4.78, 5) is 14.7. The summed E-state index contributed by atoms with van der Waals surface area (Å²) in [6.07, 6.45) is 6.69. The highest BCUT2D eigenvalue weighted by Gasteiger charge is 2.41. The molecule has 2 saturated carbocycles. The van der Waals surface area contributed by atoms with Crippen molar-refractivity contribution in [3.8, 4) is 0 Å². The topological polar surface area (TPSA) is 20.3 Å². The zero-order chi connectivity index (χ0) is 12.8. The van der Waals surface area contributed by atoms with Crippen molar-refractivity contribution in [2.75, 3.05) is 13.1 Å². The van der Waals surface area contributed by atoms with Crippen molar-refractivity contribution < 1.29 is 4.79 Å². The minimum Gasteiger partial charge on any atom is -0.338 e. The Morgan fingerprint density at radius 1 is 1.16 bits per heavy atom. The number of amides is 1. The molecule has 100 valence electrons. The molecule has 1 aromatic rings. The highest BCUT2D eigenvalue weighted by Crippen LogP contribution is 2.48. The van der Waals surface area contributed by atoms with Crippen LogP contribution in [0.2, 0.25) is 0 Å². The summed E-state index contributed by atoms with van der Waals surface area (Å²) >= 11 is 0. The Morgan fingerprint density at radius 2 is 2.05 bits per heavy atom. The quantitative estimate of drug-likeness (QED) is 0.795. The number of hydrogen-bond acceptors (Lipinski definition) is 1. The van der Waals surface area contributed by atoms with E-state index in [-0.39, 0.29) is 5.91 Å². The van der Waals surface area contributed by atoms with Crippen LogP contribution < -0.4 is 0 Å². The van der Waals surface area contributed by atoms with Crippen molar-refractivity contribution in [3.05, 3.63) is 35.4 Å².